The summed E-state index contributed by atoms with van der Waals surface area (Å²) >= 11 is 0. The first-order chi connectivity index (χ1) is 20.8. The average molecular weight is 596 g/mol. The van der Waals surface area contributed by atoms with Gasteiger partial charge >= 0.3 is 12.1 Å². The maximum Gasteiger partial charge on any atom is 0.414 e. The van der Waals surface area contributed by atoms with E-state index in [1.54, 1.807) is 47.5 Å². The molecule has 0 aliphatic carbocycles. The summed E-state index contributed by atoms with van der Waals surface area (Å²) < 4.78 is 32.9. The molecule has 5 rings (SSSR count). The Labute approximate surface area is 247 Å². The molecule has 3 aromatic rings. The van der Waals surface area contributed by atoms with Crippen LogP contribution in [-0.4, -0.2) is 82.4 Å². The monoisotopic (exact) mass is 595 g/mol. The maximum absolute atomic E-state index is 15.2. The van der Waals surface area contributed by atoms with Gasteiger partial charge in [-0.3, -0.25) is 14.7 Å². The number of carbonyl (C=O) groups excluding carboxylic acids is 2. The molecule has 2 aromatic heterocycles. The predicted molar refractivity (Wildman–Crippen MR) is 153 cm³/mol. The first-order valence-corrected chi connectivity index (χ1v) is 14.1. The molecule has 0 spiro atoms. The molecule has 2 N–H and O–H groups in total. The van der Waals surface area contributed by atoms with E-state index < -0.39 is 30.0 Å². The zero-order chi connectivity index (χ0) is 30.3. The van der Waals surface area contributed by atoms with Crippen LogP contribution in [-0.2, 0) is 30.4 Å². The topological polar surface area (TPSA) is 156 Å². The molecule has 2 aliphatic rings. The van der Waals surface area contributed by atoms with Gasteiger partial charge in [0.2, 0.25) is 0 Å². The van der Waals surface area contributed by atoms with Crippen LogP contribution in [0.5, 0.6) is 0 Å². The number of oxime groups is 1. The molecule has 1 fully saturated rings. The Morgan fingerprint density at radius 1 is 1.23 bits per heavy atom. The van der Waals surface area contributed by atoms with Crippen molar-refractivity contribution in [1.29, 1.82) is 0 Å². The van der Waals surface area contributed by atoms with Crippen LogP contribution in [0.2, 0.25) is 0 Å². The molecule has 2 aliphatic heterocycles. The third-order valence-corrected chi connectivity index (χ3v) is 7.41. The van der Waals surface area contributed by atoms with E-state index in [9.17, 15) is 9.59 Å². The molecule has 0 unspecified atom stereocenters. The fourth-order valence-corrected chi connectivity index (χ4v) is 4.66. The van der Waals surface area contributed by atoms with Crippen molar-refractivity contribution in [3.63, 3.8) is 0 Å². The maximum atomic E-state index is 15.2. The van der Waals surface area contributed by atoms with Crippen LogP contribution in [0, 0.1) is 11.7 Å². The minimum atomic E-state index is -0.644. The van der Waals surface area contributed by atoms with Gasteiger partial charge in [-0.15, -0.1) is 5.10 Å². The summed E-state index contributed by atoms with van der Waals surface area (Å²) in [7, 11) is 0. The molecular formula is C29H34FN7O6. The highest BCUT2D eigenvalue weighted by Gasteiger charge is 2.33. The highest BCUT2D eigenvalue weighted by Crippen LogP contribution is 2.29. The summed E-state index contributed by atoms with van der Waals surface area (Å²) in [4.78, 5) is 35.6. The van der Waals surface area contributed by atoms with E-state index in [-0.39, 0.29) is 38.4 Å². The molecule has 4 atom stereocenters. The SMILES string of the molecule is CC[C@H](C)[C@H](N)C(=O)OCCOC[C@@H]1CC(c2ccc(-c3ccc(N4C[C@H](Cn5ccnn5)OC4=O)cc3F)cn2)=NO1. The van der Waals surface area contributed by atoms with Gasteiger partial charge in [0.1, 0.15) is 30.3 Å². The van der Waals surface area contributed by atoms with Crippen molar-refractivity contribution in [2.24, 2.45) is 16.8 Å². The zero-order valence-electron chi connectivity index (χ0n) is 24.0. The molecule has 4 heterocycles. The molecule has 228 valence electrons. The number of pyridine rings is 1. The number of nitrogens with zero attached hydrogens (tertiary/aromatic N) is 6. The molecule has 14 heteroatoms. The summed E-state index contributed by atoms with van der Waals surface area (Å²) in [6.07, 6.45) is 4.80. The van der Waals surface area contributed by atoms with E-state index in [1.165, 1.54) is 11.0 Å². The molecule has 1 aromatic carbocycles. The number of cyclic esters (lactones) is 1. The largest absolute Gasteiger partial charge is 0.462 e. The van der Waals surface area contributed by atoms with Crippen molar-refractivity contribution in [2.75, 3.05) is 31.3 Å². The molecule has 1 amide bonds. The van der Waals surface area contributed by atoms with E-state index in [4.69, 9.17) is 24.8 Å². The van der Waals surface area contributed by atoms with Crippen LogP contribution in [0.15, 0.2) is 54.1 Å². The standard InChI is InChI=1S/C29H34FN7O6/c1-3-18(2)27(31)28(38)41-11-10-40-17-21-13-26(34-43-21)25-7-4-19(14-32-25)23-6-5-20(12-24(23)30)37-16-22(42-29(37)39)15-36-9-8-33-35-36/h4-9,12,14,18,21-22,27H,3,10-11,13,15-17,31H2,1-2H3/t18-,21-,22-,27-/m0/s1. The van der Waals surface area contributed by atoms with Crippen LogP contribution >= 0.6 is 0 Å². The van der Waals surface area contributed by atoms with Crippen LogP contribution in [0.4, 0.5) is 14.9 Å². The molecule has 13 nitrogen and oxygen atoms in total. The number of hydrogen-bond acceptors (Lipinski definition) is 11. The van der Waals surface area contributed by atoms with Crippen LogP contribution in [0.25, 0.3) is 11.1 Å². The molecule has 0 saturated carbocycles. The number of rotatable bonds is 13. The lowest BCUT2D eigenvalue weighted by atomic mass is 10.0. The molecule has 0 bridgehead atoms. The molecular weight excluding hydrogens is 561 g/mol. The number of esters is 1. The van der Waals surface area contributed by atoms with Gasteiger partial charge in [-0.2, -0.15) is 0 Å². The van der Waals surface area contributed by atoms with Crippen molar-refractivity contribution in [1.82, 2.24) is 20.0 Å². The number of aromatic nitrogens is 4. The number of benzene rings is 1. The lowest BCUT2D eigenvalue weighted by Crippen LogP contribution is -2.38. The van der Waals surface area contributed by atoms with Gasteiger partial charge in [0.25, 0.3) is 0 Å². The van der Waals surface area contributed by atoms with E-state index in [1.807, 2.05) is 13.8 Å². The quantitative estimate of drug-likeness (QED) is 0.230. The smallest absolute Gasteiger partial charge is 0.414 e. The van der Waals surface area contributed by atoms with E-state index in [0.717, 1.165) is 6.42 Å². The van der Waals surface area contributed by atoms with E-state index >= 15 is 4.39 Å². The second-order valence-corrected chi connectivity index (χ2v) is 10.5. The Kier molecular flexibility index (Phi) is 9.57. The Balaban J connectivity index is 1.09. The van der Waals surface area contributed by atoms with Crippen molar-refractivity contribution in [3.8, 4) is 11.1 Å². The summed E-state index contributed by atoms with van der Waals surface area (Å²) in [6.45, 7) is 5.09. The number of halogens is 1. The Morgan fingerprint density at radius 3 is 2.81 bits per heavy atom. The first-order valence-electron chi connectivity index (χ1n) is 14.1. The zero-order valence-corrected chi connectivity index (χ0v) is 24.0. The predicted octanol–water partition coefficient (Wildman–Crippen LogP) is 2.93. The van der Waals surface area contributed by atoms with Crippen molar-refractivity contribution >= 4 is 23.5 Å². The van der Waals surface area contributed by atoms with Gasteiger partial charge in [0.15, 0.2) is 6.10 Å². The highest BCUT2D eigenvalue weighted by molar-refractivity contribution is 5.99. The lowest BCUT2D eigenvalue weighted by Gasteiger charge is -2.17. The summed E-state index contributed by atoms with van der Waals surface area (Å²) in [5.41, 5.74) is 8.43. The average Bonchev–Trinajstić information content (AvgIpc) is 3.78. The van der Waals surface area contributed by atoms with Gasteiger partial charge in [0, 0.05) is 29.9 Å². The van der Waals surface area contributed by atoms with Gasteiger partial charge in [-0.05, 0) is 30.2 Å². The lowest BCUT2D eigenvalue weighted by molar-refractivity contribution is -0.148. The van der Waals surface area contributed by atoms with Gasteiger partial charge in [0.05, 0.1) is 43.9 Å². The number of anilines is 1. The number of hydrogen-bond donors (Lipinski definition) is 1. The molecule has 1 saturated heterocycles. The normalized spacial score (nSPS) is 19.5. The van der Waals surface area contributed by atoms with Crippen molar-refractivity contribution in [3.05, 3.63) is 60.4 Å². The summed E-state index contributed by atoms with van der Waals surface area (Å²) in [5, 5.41) is 11.7. The van der Waals surface area contributed by atoms with Crippen molar-refractivity contribution in [2.45, 2.75) is 51.5 Å². The Bertz CT molecular complexity index is 1440. The second kappa shape index (κ2) is 13.7. The molecule has 0 radical (unpaired) electrons. The minimum absolute atomic E-state index is 0.0476. The number of amides is 1. The van der Waals surface area contributed by atoms with E-state index in [2.05, 4.69) is 20.5 Å². The first kappa shape index (κ1) is 30.0. The van der Waals surface area contributed by atoms with Crippen molar-refractivity contribution < 1.29 is 33.0 Å². The Morgan fingerprint density at radius 2 is 2.09 bits per heavy atom. The molecule has 43 heavy (non-hydrogen) atoms. The van der Waals surface area contributed by atoms with Gasteiger partial charge in [-0.1, -0.05) is 36.7 Å². The van der Waals surface area contributed by atoms with Crippen LogP contribution in [0.1, 0.15) is 32.4 Å². The second-order valence-electron chi connectivity index (χ2n) is 10.5. The fourth-order valence-electron chi connectivity index (χ4n) is 4.66. The third kappa shape index (κ3) is 7.32. The van der Waals surface area contributed by atoms with Gasteiger partial charge in [-0.25, -0.2) is 13.9 Å². The van der Waals surface area contributed by atoms with Gasteiger partial charge < -0.3 is 24.8 Å². The highest BCUT2D eigenvalue weighted by atomic mass is 19.1. The third-order valence-electron chi connectivity index (χ3n) is 7.41. The Hall–Kier alpha value is -4.43. The fraction of sp³-hybridized carbons (Fsp3) is 0.448. The number of ether oxygens (including phenoxy) is 3. The van der Waals surface area contributed by atoms with E-state index in [0.29, 0.717) is 41.2 Å². The summed E-state index contributed by atoms with van der Waals surface area (Å²) in [6, 6.07) is 7.45. The summed E-state index contributed by atoms with van der Waals surface area (Å²) in [5.74, 6) is -0.881. The minimum Gasteiger partial charge on any atom is -0.462 e. The van der Waals surface area contributed by atoms with Crippen LogP contribution in [0.3, 0.4) is 0 Å². The number of carbonyl (C=O) groups is 2. The van der Waals surface area contributed by atoms with Crippen LogP contribution < -0.4 is 10.6 Å². The number of nitrogens with two attached hydrogens (primary N) is 1.